The average molecular weight is 400 g/mol. The Morgan fingerprint density at radius 2 is 2.00 bits per heavy atom. The van der Waals surface area contributed by atoms with Crippen LogP contribution in [0.5, 0.6) is 5.75 Å². The molecule has 1 amide bonds. The standard InChI is InChI=1S/C20H27F3N2O3/c1-4-19(10-5-6-11-25(17(19)26)13-12-24(2)3)15-8-7-9-16(14-15)28-18(27)20(21,22)23/h7-9,14H,4-6,10-13H2,1-3H3. The predicted molar refractivity (Wildman–Crippen MR) is 99.1 cm³/mol. The van der Waals surface area contributed by atoms with Crippen molar-refractivity contribution in [1.29, 1.82) is 0 Å². The van der Waals surface area contributed by atoms with Gasteiger partial charge in [0.15, 0.2) is 0 Å². The minimum absolute atomic E-state index is 0.0198. The number of alkyl halides is 3. The molecule has 1 unspecified atom stereocenters. The number of nitrogens with zero attached hydrogens (tertiary/aromatic N) is 2. The number of hydrogen-bond acceptors (Lipinski definition) is 4. The van der Waals surface area contributed by atoms with Crippen molar-refractivity contribution in [3.63, 3.8) is 0 Å². The Morgan fingerprint density at radius 1 is 1.29 bits per heavy atom. The van der Waals surface area contributed by atoms with E-state index in [1.165, 1.54) is 18.2 Å². The number of benzene rings is 1. The summed E-state index contributed by atoms with van der Waals surface area (Å²) in [4.78, 5) is 28.4. The van der Waals surface area contributed by atoms with Gasteiger partial charge in [-0.3, -0.25) is 4.79 Å². The number of carbonyl (C=O) groups is 2. The van der Waals surface area contributed by atoms with Crippen LogP contribution in [0, 0.1) is 0 Å². The highest BCUT2D eigenvalue weighted by atomic mass is 19.4. The van der Waals surface area contributed by atoms with Crippen LogP contribution in [0.15, 0.2) is 24.3 Å². The number of rotatable bonds is 6. The maximum atomic E-state index is 13.4. The van der Waals surface area contributed by atoms with Gasteiger partial charge in [-0.25, -0.2) is 4.79 Å². The summed E-state index contributed by atoms with van der Waals surface area (Å²) in [6, 6.07) is 5.93. The fraction of sp³-hybridized carbons (Fsp3) is 0.600. The maximum Gasteiger partial charge on any atom is 0.491 e. The van der Waals surface area contributed by atoms with E-state index in [9.17, 15) is 22.8 Å². The summed E-state index contributed by atoms with van der Waals surface area (Å²) in [5.41, 5.74) is -0.243. The van der Waals surface area contributed by atoms with Crippen LogP contribution in [0.4, 0.5) is 13.2 Å². The van der Waals surface area contributed by atoms with Gasteiger partial charge in [-0.05, 0) is 51.1 Å². The largest absolute Gasteiger partial charge is 0.491 e. The van der Waals surface area contributed by atoms with E-state index in [1.807, 2.05) is 30.8 Å². The lowest BCUT2D eigenvalue weighted by Gasteiger charge is -2.35. The highest BCUT2D eigenvalue weighted by molar-refractivity contribution is 5.89. The first-order valence-electron chi connectivity index (χ1n) is 9.44. The molecule has 0 aromatic heterocycles. The molecule has 1 aliphatic rings. The molecule has 0 N–H and O–H groups in total. The summed E-state index contributed by atoms with van der Waals surface area (Å²) in [5.74, 6) is -2.49. The van der Waals surface area contributed by atoms with Gasteiger partial charge in [0.25, 0.3) is 0 Å². The Morgan fingerprint density at radius 3 is 2.61 bits per heavy atom. The summed E-state index contributed by atoms with van der Waals surface area (Å²) in [6.45, 7) is 3.89. The molecule has 1 aliphatic heterocycles. The molecule has 1 aromatic rings. The molecule has 28 heavy (non-hydrogen) atoms. The van der Waals surface area contributed by atoms with Crippen LogP contribution in [-0.4, -0.2) is 61.6 Å². The van der Waals surface area contributed by atoms with Gasteiger partial charge in [-0.1, -0.05) is 25.5 Å². The van der Waals surface area contributed by atoms with Crippen LogP contribution in [0.3, 0.4) is 0 Å². The number of esters is 1. The van der Waals surface area contributed by atoms with Crippen LogP contribution in [0.2, 0.25) is 0 Å². The van der Waals surface area contributed by atoms with Gasteiger partial charge < -0.3 is 14.5 Å². The Bertz CT molecular complexity index is 706. The Kier molecular flexibility index (Phi) is 7.09. The molecule has 0 saturated carbocycles. The van der Waals surface area contributed by atoms with Crippen molar-refractivity contribution in [3.05, 3.63) is 29.8 Å². The molecule has 156 valence electrons. The van der Waals surface area contributed by atoms with E-state index < -0.39 is 17.6 Å². The zero-order valence-electron chi connectivity index (χ0n) is 16.5. The maximum absolute atomic E-state index is 13.4. The fourth-order valence-corrected chi connectivity index (χ4v) is 3.60. The van der Waals surface area contributed by atoms with Crippen LogP contribution in [0.1, 0.15) is 38.2 Å². The molecule has 1 aromatic carbocycles. The van der Waals surface area contributed by atoms with Gasteiger partial charge in [-0.2, -0.15) is 13.2 Å². The van der Waals surface area contributed by atoms with Crippen molar-refractivity contribution in [2.24, 2.45) is 0 Å². The summed E-state index contributed by atoms with van der Waals surface area (Å²) in [7, 11) is 3.88. The first-order chi connectivity index (χ1) is 13.1. The molecule has 1 atom stereocenters. The van der Waals surface area contributed by atoms with Crippen molar-refractivity contribution in [1.82, 2.24) is 9.80 Å². The second-order valence-electron chi connectivity index (χ2n) is 7.40. The smallest absolute Gasteiger partial charge is 0.420 e. The topological polar surface area (TPSA) is 49.9 Å². The molecule has 1 fully saturated rings. The van der Waals surface area contributed by atoms with Crippen LogP contribution >= 0.6 is 0 Å². The van der Waals surface area contributed by atoms with Crippen molar-refractivity contribution in [3.8, 4) is 5.75 Å². The third-order valence-electron chi connectivity index (χ3n) is 5.23. The minimum Gasteiger partial charge on any atom is -0.420 e. The number of hydrogen-bond donors (Lipinski definition) is 0. The van der Waals surface area contributed by atoms with E-state index >= 15 is 0 Å². The molecule has 1 saturated heterocycles. The zero-order valence-corrected chi connectivity index (χ0v) is 16.5. The minimum atomic E-state index is -5.07. The number of amides is 1. The van der Waals surface area contributed by atoms with E-state index in [4.69, 9.17) is 0 Å². The van der Waals surface area contributed by atoms with Crippen molar-refractivity contribution >= 4 is 11.9 Å². The lowest BCUT2D eigenvalue weighted by atomic mass is 9.73. The Labute approximate surface area is 163 Å². The molecular formula is C20H27F3N2O3. The van der Waals surface area contributed by atoms with Gasteiger partial charge in [0.1, 0.15) is 5.75 Å². The second kappa shape index (κ2) is 8.94. The molecule has 0 aliphatic carbocycles. The zero-order chi connectivity index (χ0) is 20.9. The number of carbonyl (C=O) groups excluding carboxylic acids is 2. The molecule has 0 radical (unpaired) electrons. The van der Waals surface area contributed by atoms with Gasteiger partial charge in [-0.15, -0.1) is 0 Å². The molecule has 8 heteroatoms. The normalized spacial score (nSPS) is 21.0. The Balaban J connectivity index is 2.34. The third-order valence-corrected chi connectivity index (χ3v) is 5.23. The van der Waals surface area contributed by atoms with Crippen molar-refractivity contribution in [2.75, 3.05) is 33.7 Å². The predicted octanol–water partition coefficient (Wildman–Crippen LogP) is 3.38. The fourth-order valence-electron chi connectivity index (χ4n) is 3.60. The van der Waals surface area contributed by atoms with Crippen LogP contribution in [0.25, 0.3) is 0 Å². The van der Waals surface area contributed by atoms with Gasteiger partial charge in [0, 0.05) is 19.6 Å². The monoisotopic (exact) mass is 400 g/mol. The van der Waals surface area contributed by atoms with E-state index in [0.29, 0.717) is 31.5 Å². The molecule has 0 spiro atoms. The lowest BCUT2D eigenvalue weighted by molar-refractivity contribution is -0.189. The number of ether oxygens (including phenoxy) is 1. The summed E-state index contributed by atoms with van der Waals surface area (Å²) in [5, 5.41) is 0. The third kappa shape index (κ3) is 5.04. The van der Waals surface area contributed by atoms with E-state index in [1.54, 1.807) is 6.07 Å². The summed E-state index contributed by atoms with van der Waals surface area (Å²) < 4.78 is 42.0. The second-order valence-corrected chi connectivity index (χ2v) is 7.40. The number of likely N-dealkylation sites (tertiary alicyclic amines) is 1. The van der Waals surface area contributed by atoms with Crippen LogP contribution in [-0.2, 0) is 15.0 Å². The molecule has 0 bridgehead atoms. The number of likely N-dealkylation sites (N-methyl/N-ethyl adjacent to an activating group) is 1. The van der Waals surface area contributed by atoms with Crippen LogP contribution < -0.4 is 4.74 Å². The highest BCUT2D eigenvalue weighted by Gasteiger charge is 2.44. The molecular weight excluding hydrogens is 373 g/mol. The molecule has 1 heterocycles. The van der Waals surface area contributed by atoms with Crippen molar-refractivity contribution in [2.45, 2.75) is 44.2 Å². The summed E-state index contributed by atoms with van der Waals surface area (Å²) in [6.07, 6.45) is -2.23. The quantitative estimate of drug-likeness (QED) is 0.543. The first kappa shape index (κ1) is 22.2. The lowest BCUT2D eigenvalue weighted by Crippen LogP contribution is -2.47. The summed E-state index contributed by atoms with van der Waals surface area (Å²) >= 11 is 0. The first-order valence-corrected chi connectivity index (χ1v) is 9.44. The molecule has 5 nitrogen and oxygen atoms in total. The highest BCUT2D eigenvalue weighted by Crippen LogP contribution is 2.39. The SMILES string of the molecule is CCC1(c2cccc(OC(=O)C(F)(F)F)c2)CCCCN(CCN(C)C)C1=O. The van der Waals surface area contributed by atoms with Gasteiger partial charge >= 0.3 is 12.1 Å². The van der Waals surface area contributed by atoms with E-state index in [0.717, 1.165) is 19.4 Å². The molecule has 2 rings (SSSR count). The Hall–Kier alpha value is -2.09. The average Bonchev–Trinajstić information content (AvgIpc) is 2.79. The van der Waals surface area contributed by atoms with E-state index in [2.05, 4.69) is 4.74 Å². The number of halogens is 3. The van der Waals surface area contributed by atoms with Crippen molar-refractivity contribution < 1.29 is 27.5 Å². The van der Waals surface area contributed by atoms with Gasteiger partial charge in [0.2, 0.25) is 5.91 Å². The van der Waals surface area contributed by atoms with E-state index in [-0.39, 0.29) is 11.7 Å². The van der Waals surface area contributed by atoms with Gasteiger partial charge in [0.05, 0.1) is 5.41 Å².